The molecule has 0 saturated carbocycles. The Kier molecular flexibility index (Phi) is 11.2. The van der Waals surface area contributed by atoms with Crippen LogP contribution in [0.25, 0.3) is 11.1 Å². The molecular formula is C30H40ClFN2O5. The largest absolute Gasteiger partial charge is 0.466 e. The first-order chi connectivity index (χ1) is 18.5. The van der Waals surface area contributed by atoms with Crippen molar-refractivity contribution in [2.24, 2.45) is 5.92 Å². The lowest BCUT2D eigenvalue weighted by Gasteiger charge is -2.38. The van der Waals surface area contributed by atoms with Crippen LogP contribution in [0, 0.1) is 11.7 Å². The molecule has 1 aliphatic rings. The van der Waals surface area contributed by atoms with Crippen molar-refractivity contribution in [2.45, 2.75) is 64.7 Å². The first-order valence-electron chi connectivity index (χ1n) is 13.4. The van der Waals surface area contributed by atoms with Crippen molar-refractivity contribution in [3.8, 4) is 11.1 Å². The maximum absolute atomic E-state index is 14.4. The number of hydrogen-bond acceptors (Lipinski definition) is 6. The van der Waals surface area contributed by atoms with Crippen LogP contribution in [0.1, 0.15) is 46.1 Å². The maximum Gasteiger partial charge on any atom is 0.407 e. The third-order valence-corrected chi connectivity index (χ3v) is 6.87. The van der Waals surface area contributed by atoms with Crippen molar-refractivity contribution in [3.05, 3.63) is 58.9 Å². The number of methoxy groups -OCH3 is 1. The van der Waals surface area contributed by atoms with E-state index in [1.807, 2.05) is 24.3 Å². The van der Waals surface area contributed by atoms with Crippen molar-refractivity contribution in [3.63, 3.8) is 0 Å². The average Bonchev–Trinajstić information content (AvgIpc) is 2.83. The maximum atomic E-state index is 14.4. The second-order valence-corrected chi connectivity index (χ2v) is 11.4. The van der Waals surface area contributed by atoms with Crippen molar-refractivity contribution in [1.29, 1.82) is 0 Å². The molecule has 39 heavy (non-hydrogen) atoms. The fourth-order valence-electron chi connectivity index (χ4n) is 4.62. The van der Waals surface area contributed by atoms with E-state index in [0.29, 0.717) is 35.4 Å². The van der Waals surface area contributed by atoms with Gasteiger partial charge in [-0.25, -0.2) is 9.18 Å². The number of esters is 1. The molecule has 0 spiro atoms. The summed E-state index contributed by atoms with van der Waals surface area (Å²) in [5.41, 5.74) is 1.38. The fraction of sp³-hybridized carbons (Fsp3) is 0.533. The molecule has 2 aromatic carbocycles. The van der Waals surface area contributed by atoms with Gasteiger partial charge in [-0.3, -0.25) is 9.69 Å². The molecule has 1 amide bonds. The number of halogens is 2. The van der Waals surface area contributed by atoms with E-state index >= 15 is 0 Å². The predicted octanol–water partition coefficient (Wildman–Crippen LogP) is 5.87. The number of nitrogens with one attached hydrogen (secondary N) is 1. The molecule has 0 bridgehead atoms. The minimum atomic E-state index is -0.659. The molecule has 1 fully saturated rings. The molecule has 0 radical (unpaired) electrons. The summed E-state index contributed by atoms with van der Waals surface area (Å²) >= 11 is 6.06. The van der Waals surface area contributed by atoms with Crippen LogP contribution in [0.5, 0.6) is 0 Å². The van der Waals surface area contributed by atoms with E-state index in [1.54, 1.807) is 40.9 Å². The van der Waals surface area contributed by atoms with Gasteiger partial charge >= 0.3 is 12.1 Å². The zero-order valence-electron chi connectivity index (χ0n) is 23.5. The molecule has 9 heteroatoms. The van der Waals surface area contributed by atoms with Gasteiger partial charge in [0, 0.05) is 36.8 Å². The van der Waals surface area contributed by atoms with Gasteiger partial charge in [0.1, 0.15) is 11.4 Å². The molecule has 2 atom stereocenters. The average molecular weight is 563 g/mol. The third kappa shape index (κ3) is 9.78. The first-order valence-corrected chi connectivity index (χ1v) is 13.8. The molecule has 1 saturated heterocycles. The topological polar surface area (TPSA) is 77.1 Å². The van der Waals surface area contributed by atoms with Crippen molar-refractivity contribution < 1.29 is 28.2 Å². The van der Waals surface area contributed by atoms with Gasteiger partial charge in [0.05, 0.1) is 18.6 Å². The Morgan fingerprint density at radius 1 is 1.15 bits per heavy atom. The predicted molar refractivity (Wildman–Crippen MR) is 150 cm³/mol. The van der Waals surface area contributed by atoms with Crippen molar-refractivity contribution in [1.82, 2.24) is 10.2 Å². The summed E-state index contributed by atoms with van der Waals surface area (Å²) < 4.78 is 30.6. The summed E-state index contributed by atoms with van der Waals surface area (Å²) in [5, 5.41) is 3.42. The van der Waals surface area contributed by atoms with Crippen LogP contribution in [0.4, 0.5) is 9.18 Å². The molecule has 214 valence electrons. The number of alkyl carbamates (subject to hydrolysis) is 1. The lowest BCUT2D eigenvalue weighted by atomic mass is 9.91. The van der Waals surface area contributed by atoms with Crippen molar-refractivity contribution in [2.75, 3.05) is 33.4 Å². The lowest BCUT2D eigenvalue weighted by Crippen LogP contribution is -2.52. The Labute approximate surface area is 235 Å². The standard InChI is InChI=1S/C30H40ClFN2O5/c1-6-38-28(35)22(13-14-34-18-25(19-34)37-5)16-24(33-29(36)39-30(2,3)4)15-20-7-9-21(10-8-20)26-17-23(31)11-12-27(26)32/h7-12,17,22,24-25H,6,13-16,18-19H2,1-5H3,(H,33,36)/t22-,24-/m1/s1. The molecule has 0 aromatic heterocycles. The number of rotatable bonds is 12. The van der Waals surface area contributed by atoms with Gasteiger partial charge in [0.25, 0.3) is 0 Å². The van der Waals surface area contributed by atoms with E-state index in [0.717, 1.165) is 25.2 Å². The van der Waals surface area contributed by atoms with Crippen LogP contribution in [-0.4, -0.2) is 68.1 Å². The van der Waals surface area contributed by atoms with Gasteiger partial charge in [-0.2, -0.15) is 0 Å². The number of likely N-dealkylation sites (tertiary alicyclic amines) is 1. The third-order valence-electron chi connectivity index (χ3n) is 6.64. The van der Waals surface area contributed by atoms with Crippen molar-refractivity contribution >= 4 is 23.7 Å². The molecule has 0 unspecified atom stereocenters. The van der Waals surface area contributed by atoms with Gasteiger partial charge in [0.2, 0.25) is 0 Å². The highest BCUT2D eigenvalue weighted by molar-refractivity contribution is 6.30. The summed E-state index contributed by atoms with van der Waals surface area (Å²) in [4.78, 5) is 27.8. The second-order valence-electron chi connectivity index (χ2n) is 11.0. The quantitative estimate of drug-likeness (QED) is 0.326. The van der Waals surface area contributed by atoms with Crippen LogP contribution in [-0.2, 0) is 25.4 Å². The molecule has 2 aromatic rings. The molecular weight excluding hydrogens is 523 g/mol. The van der Waals surface area contributed by atoms with Crippen LogP contribution < -0.4 is 5.32 Å². The summed E-state index contributed by atoms with van der Waals surface area (Å²) in [5.74, 6) is -1.02. The molecule has 3 rings (SSSR count). The van der Waals surface area contributed by atoms with Crippen LogP contribution in [0.3, 0.4) is 0 Å². The van der Waals surface area contributed by atoms with Gasteiger partial charge in [0.15, 0.2) is 0 Å². The van der Waals surface area contributed by atoms with E-state index in [9.17, 15) is 14.0 Å². The van der Waals surface area contributed by atoms with Gasteiger partial charge in [-0.1, -0.05) is 35.9 Å². The van der Waals surface area contributed by atoms with E-state index in [-0.39, 0.29) is 30.5 Å². The van der Waals surface area contributed by atoms with E-state index < -0.39 is 17.6 Å². The Morgan fingerprint density at radius 3 is 2.46 bits per heavy atom. The summed E-state index contributed by atoms with van der Waals surface area (Å²) in [6, 6.07) is 11.5. The lowest BCUT2D eigenvalue weighted by molar-refractivity contribution is -0.149. The molecule has 7 nitrogen and oxygen atoms in total. The molecule has 1 aliphatic heterocycles. The monoisotopic (exact) mass is 562 g/mol. The highest BCUT2D eigenvalue weighted by atomic mass is 35.5. The van der Waals surface area contributed by atoms with E-state index in [2.05, 4.69) is 10.2 Å². The molecule has 0 aliphatic carbocycles. The molecule has 1 N–H and O–H groups in total. The van der Waals surface area contributed by atoms with E-state index in [1.165, 1.54) is 12.1 Å². The normalized spacial score (nSPS) is 15.8. The summed E-state index contributed by atoms with van der Waals surface area (Å²) in [7, 11) is 1.70. The summed E-state index contributed by atoms with van der Waals surface area (Å²) in [6.07, 6.45) is 1.15. The zero-order valence-corrected chi connectivity index (χ0v) is 24.2. The Bertz CT molecular complexity index is 1100. The first kappa shape index (κ1) is 30.9. The number of carbonyl (C=O) groups excluding carboxylic acids is 2. The van der Waals surface area contributed by atoms with Crippen LogP contribution >= 0.6 is 11.6 Å². The Balaban J connectivity index is 1.75. The number of ether oxygens (including phenoxy) is 3. The summed E-state index contributed by atoms with van der Waals surface area (Å²) in [6.45, 7) is 9.90. The van der Waals surface area contributed by atoms with Gasteiger partial charge < -0.3 is 19.5 Å². The fourth-order valence-corrected chi connectivity index (χ4v) is 4.79. The van der Waals surface area contributed by atoms with Gasteiger partial charge in [-0.05, 0) is 82.8 Å². The SMILES string of the molecule is CCOC(=O)[C@H](CCN1CC(OC)C1)C[C@@H](Cc1ccc(-c2cc(Cl)ccc2F)cc1)NC(=O)OC(C)(C)C. The van der Waals surface area contributed by atoms with Crippen LogP contribution in [0.15, 0.2) is 42.5 Å². The molecule has 1 heterocycles. The Morgan fingerprint density at radius 2 is 1.85 bits per heavy atom. The van der Waals surface area contributed by atoms with Gasteiger partial charge in [-0.15, -0.1) is 0 Å². The minimum absolute atomic E-state index is 0.232. The Hall–Kier alpha value is -2.68. The second kappa shape index (κ2) is 14.1. The highest BCUT2D eigenvalue weighted by Gasteiger charge is 2.31. The zero-order chi connectivity index (χ0) is 28.6. The highest BCUT2D eigenvalue weighted by Crippen LogP contribution is 2.27. The van der Waals surface area contributed by atoms with Crippen LogP contribution in [0.2, 0.25) is 5.02 Å². The number of hydrogen-bond donors (Lipinski definition) is 1. The number of benzene rings is 2. The number of amides is 1. The number of nitrogens with zero attached hydrogens (tertiary/aromatic N) is 1. The number of carbonyl (C=O) groups is 2. The van der Waals surface area contributed by atoms with E-state index in [4.69, 9.17) is 25.8 Å². The minimum Gasteiger partial charge on any atom is -0.466 e. The smallest absolute Gasteiger partial charge is 0.407 e.